The summed E-state index contributed by atoms with van der Waals surface area (Å²) >= 11 is 0. The zero-order valence-electron chi connectivity index (χ0n) is 10.6. The molecule has 0 aromatic heterocycles. The smallest absolute Gasteiger partial charge is 0.277 e. The Balaban J connectivity index is 3.13. The van der Waals surface area contributed by atoms with Crippen molar-refractivity contribution in [2.45, 2.75) is 34.1 Å². The molecule has 0 saturated carbocycles. The third kappa shape index (κ3) is 2.38. The first-order valence-electron chi connectivity index (χ1n) is 5.61. The van der Waals surface area contributed by atoms with Gasteiger partial charge in [-0.15, -0.1) is 0 Å². The number of hydrogen-bond acceptors (Lipinski definition) is 3. The summed E-state index contributed by atoms with van der Waals surface area (Å²) in [5.74, 6) is -1.22. The molecule has 4 amide bonds. The van der Waals surface area contributed by atoms with Crippen LogP contribution in [0.15, 0.2) is 11.6 Å². The molecule has 1 fully saturated rings. The summed E-state index contributed by atoms with van der Waals surface area (Å²) < 4.78 is 0. The van der Waals surface area contributed by atoms with Gasteiger partial charge in [-0.2, -0.15) is 0 Å². The Morgan fingerprint density at radius 3 is 2.00 bits per heavy atom. The molecule has 17 heavy (non-hydrogen) atoms. The van der Waals surface area contributed by atoms with E-state index in [2.05, 4.69) is 10.6 Å². The van der Waals surface area contributed by atoms with Crippen molar-refractivity contribution in [3.8, 4) is 0 Å². The molecule has 2 N–H and O–H groups in total. The summed E-state index contributed by atoms with van der Waals surface area (Å²) in [6, 6.07) is -0.742. The maximum atomic E-state index is 12.0. The lowest BCUT2D eigenvalue weighted by Crippen LogP contribution is -2.64. The number of rotatable bonds is 3. The molecule has 1 aliphatic rings. The predicted octanol–water partition coefficient (Wildman–Crippen LogP) is 1.35. The lowest BCUT2D eigenvalue weighted by atomic mass is 9.71. The van der Waals surface area contributed by atoms with Crippen LogP contribution in [0.5, 0.6) is 0 Å². The first kappa shape index (κ1) is 13.4. The molecule has 0 unspecified atom stereocenters. The van der Waals surface area contributed by atoms with Gasteiger partial charge in [-0.3, -0.25) is 20.2 Å². The number of urea groups is 1. The second-order valence-electron chi connectivity index (χ2n) is 4.85. The first-order chi connectivity index (χ1) is 7.80. The monoisotopic (exact) mass is 238 g/mol. The lowest BCUT2D eigenvalue weighted by Gasteiger charge is -2.36. The number of imide groups is 2. The first-order valence-corrected chi connectivity index (χ1v) is 5.61. The molecule has 0 aromatic rings. The van der Waals surface area contributed by atoms with E-state index < -0.39 is 23.3 Å². The highest BCUT2D eigenvalue weighted by molar-refractivity contribution is 6.19. The van der Waals surface area contributed by atoms with Crippen LogP contribution in [0.25, 0.3) is 0 Å². The lowest BCUT2D eigenvalue weighted by molar-refractivity contribution is -0.147. The van der Waals surface area contributed by atoms with Crippen molar-refractivity contribution in [1.82, 2.24) is 10.6 Å². The van der Waals surface area contributed by atoms with Crippen molar-refractivity contribution in [3.05, 3.63) is 11.6 Å². The molecule has 5 nitrogen and oxygen atoms in total. The van der Waals surface area contributed by atoms with Gasteiger partial charge in [-0.1, -0.05) is 25.5 Å². The second kappa shape index (κ2) is 4.69. The topological polar surface area (TPSA) is 75.3 Å². The Morgan fingerprint density at radius 2 is 1.65 bits per heavy atom. The minimum absolute atomic E-state index is 0.189. The van der Waals surface area contributed by atoms with Crippen LogP contribution in [0, 0.1) is 11.3 Å². The minimum Gasteiger partial charge on any atom is -0.277 e. The second-order valence-corrected chi connectivity index (χ2v) is 4.85. The number of amides is 4. The maximum Gasteiger partial charge on any atom is 0.328 e. The molecule has 0 aromatic carbocycles. The Kier molecular flexibility index (Phi) is 3.70. The third-order valence-corrected chi connectivity index (χ3v) is 3.08. The van der Waals surface area contributed by atoms with Crippen molar-refractivity contribution in [3.63, 3.8) is 0 Å². The van der Waals surface area contributed by atoms with E-state index in [1.165, 1.54) is 0 Å². The molecule has 1 saturated heterocycles. The van der Waals surface area contributed by atoms with E-state index in [-0.39, 0.29) is 5.92 Å². The average Bonchev–Trinajstić information content (AvgIpc) is 2.15. The van der Waals surface area contributed by atoms with E-state index in [1.807, 2.05) is 19.9 Å². The van der Waals surface area contributed by atoms with E-state index in [9.17, 15) is 14.4 Å². The van der Waals surface area contributed by atoms with Crippen LogP contribution < -0.4 is 10.6 Å². The zero-order valence-corrected chi connectivity index (χ0v) is 10.6. The molecule has 1 rings (SSSR count). The van der Waals surface area contributed by atoms with Crippen molar-refractivity contribution in [1.29, 1.82) is 0 Å². The largest absolute Gasteiger partial charge is 0.328 e. The predicted molar refractivity (Wildman–Crippen MR) is 63.0 cm³/mol. The minimum atomic E-state index is -1.19. The molecule has 94 valence electrons. The van der Waals surface area contributed by atoms with Gasteiger partial charge in [-0.05, 0) is 26.2 Å². The van der Waals surface area contributed by atoms with Gasteiger partial charge in [0, 0.05) is 0 Å². The summed E-state index contributed by atoms with van der Waals surface area (Å²) in [7, 11) is 0. The van der Waals surface area contributed by atoms with Crippen LogP contribution in [0.4, 0.5) is 4.79 Å². The quantitative estimate of drug-likeness (QED) is 0.575. The van der Waals surface area contributed by atoms with Gasteiger partial charge in [0.05, 0.1) is 0 Å². The number of allylic oxidation sites excluding steroid dienone is 2. The third-order valence-electron chi connectivity index (χ3n) is 3.08. The fourth-order valence-electron chi connectivity index (χ4n) is 1.87. The Morgan fingerprint density at radius 1 is 1.18 bits per heavy atom. The highest BCUT2D eigenvalue weighted by Crippen LogP contribution is 2.34. The van der Waals surface area contributed by atoms with Gasteiger partial charge in [0.15, 0.2) is 0 Å². The fourth-order valence-corrected chi connectivity index (χ4v) is 1.87. The molecule has 0 bridgehead atoms. The van der Waals surface area contributed by atoms with Crippen molar-refractivity contribution in [2.24, 2.45) is 11.3 Å². The summed E-state index contributed by atoms with van der Waals surface area (Å²) in [5.41, 5.74) is -0.159. The summed E-state index contributed by atoms with van der Waals surface area (Å²) in [4.78, 5) is 35.0. The molecule has 1 heterocycles. The maximum absolute atomic E-state index is 12.0. The summed E-state index contributed by atoms with van der Waals surface area (Å²) in [5, 5.41) is 4.33. The number of carbonyl (C=O) groups is 3. The van der Waals surface area contributed by atoms with Crippen LogP contribution in [0.2, 0.25) is 0 Å². The van der Waals surface area contributed by atoms with Gasteiger partial charge < -0.3 is 0 Å². The average molecular weight is 238 g/mol. The van der Waals surface area contributed by atoms with Gasteiger partial charge in [0.1, 0.15) is 5.41 Å². The van der Waals surface area contributed by atoms with Gasteiger partial charge >= 0.3 is 6.03 Å². The van der Waals surface area contributed by atoms with E-state index in [0.29, 0.717) is 6.42 Å². The molecule has 0 radical (unpaired) electrons. The molecule has 0 spiro atoms. The number of barbiturate groups is 1. The SMILES string of the molecule is CC(C)=CCC1(C(C)C)C(=O)NC(=O)NC1=O. The van der Waals surface area contributed by atoms with E-state index >= 15 is 0 Å². The Hall–Kier alpha value is -1.65. The standard InChI is InChI=1S/C12H18N2O3/c1-7(2)5-6-12(8(3)4)9(15)13-11(17)14-10(12)16/h5,8H,6H2,1-4H3,(H2,13,14,15,16,17). The molecular weight excluding hydrogens is 220 g/mol. The fraction of sp³-hybridized carbons (Fsp3) is 0.583. The van der Waals surface area contributed by atoms with E-state index in [1.54, 1.807) is 13.8 Å². The molecule has 0 aliphatic carbocycles. The molecular formula is C12H18N2O3. The normalized spacial score (nSPS) is 18.8. The van der Waals surface area contributed by atoms with Crippen molar-refractivity contribution >= 4 is 17.8 Å². The van der Waals surface area contributed by atoms with Crippen LogP contribution in [0.3, 0.4) is 0 Å². The summed E-state index contributed by atoms with van der Waals surface area (Å²) in [6.07, 6.45) is 2.15. The highest BCUT2D eigenvalue weighted by atomic mass is 16.2. The van der Waals surface area contributed by atoms with Gasteiger partial charge in [-0.25, -0.2) is 4.79 Å². The number of hydrogen-bond donors (Lipinski definition) is 2. The van der Waals surface area contributed by atoms with Crippen molar-refractivity contribution < 1.29 is 14.4 Å². The van der Waals surface area contributed by atoms with Crippen molar-refractivity contribution in [2.75, 3.05) is 0 Å². The van der Waals surface area contributed by atoms with Gasteiger partial charge in [0.25, 0.3) is 0 Å². The van der Waals surface area contributed by atoms with E-state index in [4.69, 9.17) is 0 Å². The summed E-state index contributed by atoms with van der Waals surface area (Å²) in [6.45, 7) is 7.40. The van der Waals surface area contributed by atoms with E-state index in [0.717, 1.165) is 5.57 Å². The Labute approximate surface area is 101 Å². The molecule has 5 heteroatoms. The van der Waals surface area contributed by atoms with Crippen LogP contribution in [0.1, 0.15) is 34.1 Å². The molecule has 1 aliphatic heterocycles. The van der Waals surface area contributed by atoms with Crippen LogP contribution >= 0.6 is 0 Å². The molecule has 0 atom stereocenters. The van der Waals surface area contributed by atoms with Crippen LogP contribution in [-0.4, -0.2) is 17.8 Å². The van der Waals surface area contributed by atoms with Gasteiger partial charge in [0.2, 0.25) is 11.8 Å². The number of carbonyl (C=O) groups excluding carboxylic acids is 3. The zero-order chi connectivity index (χ0) is 13.2. The van der Waals surface area contributed by atoms with Crippen LogP contribution in [-0.2, 0) is 9.59 Å². The Bertz CT molecular complexity index is 373. The number of nitrogens with one attached hydrogen (secondary N) is 2. The highest BCUT2D eigenvalue weighted by Gasteiger charge is 2.51.